The van der Waals surface area contributed by atoms with Crippen LogP contribution in [0.3, 0.4) is 0 Å². The largest absolute Gasteiger partial charge is 0.413 e. The van der Waals surface area contributed by atoms with Gasteiger partial charge in [-0.2, -0.15) is 0 Å². The zero-order valence-electron chi connectivity index (χ0n) is 7.36. The van der Waals surface area contributed by atoms with E-state index in [4.69, 9.17) is 0 Å². The fraction of sp³-hybridized carbons (Fsp3) is 0.333. The lowest BCUT2D eigenvalue weighted by atomic mass is 10.3. The van der Waals surface area contributed by atoms with E-state index in [1.54, 1.807) is 10.9 Å². The average molecular weight is 178 g/mol. The third-order valence-electron chi connectivity index (χ3n) is 2.10. The van der Waals surface area contributed by atoms with Gasteiger partial charge >= 0.3 is 6.03 Å². The Balaban J connectivity index is 2.36. The molecular weight excluding hydrogens is 166 g/mol. The lowest BCUT2D eigenvalue weighted by Gasteiger charge is -2.07. The minimum atomic E-state index is -0.0379. The van der Waals surface area contributed by atoms with E-state index in [0.717, 1.165) is 25.2 Å². The van der Waals surface area contributed by atoms with Crippen LogP contribution in [0.15, 0.2) is 25.2 Å². The minimum absolute atomic E-state index is 0.0379. The molecule has 0 atom stereocenters. The molecule has 13 heavy (non-hydrogen) atoms. The normalized spacial score (nSPS) is 14.9. The molecule has 0 unspecified atom stereocenters. The highest BCUT2D eigenvalue weighted by Gasteiger charge is 2.23. The number of aromatic nitrogens is 2. The van der Waals surface area contributed by atoms with Gasteiger partial charge < -0.3 is 5.32 Å². The molecule has 1 aliphatic heterocycles. The van der Waals surface area contributed by atoms with E-state index in [1.165, 1.54) is 0 Å². The van der Waals surface area contributed by atoms with E-state index < -0.39 is 0 Å². The van der Waals surface area contributed by atoms with Gasteiger partial charge in [0.25, 0.3) is 6.33 Å². The number of fused-ring (bicyclic) bond motifs is 1. The van der Waals surface area contributed by atoms with E-state index in [1.807, 2.05) is 16.8 Å². The van der Waals surface area contributed by atoms with Gasteiger partial charge in [-0.25, -0.2) is 9.36 Å². The molecule has 1 N–H and O–H groups in total. The Bertz CT molecular complexity index is 354. The molecule has 0 bridgehead atoms. The van der Waals surface area contributed by atoms with Crippen molar-refractivity contribution in [3.05, 3.63) is 30.9 Å². The molecule has 2 heterocycles. The molecule has 1 aliphatic rings. The van der Waals surface area contributed by atoms with Crippen LogP contribution < -0.4 is 9.88 Å². The van der Waals surface area contributed by atoms with Crippen LogP contribution in [0.25, 0.3) is 0 Å². The number of imidazole rings is 1. The molecule has 0 saturated carbocycles. The zero-order valence-corrected chi connectivity index (χ0v) is 7.36. The molecule has 68 valence electrons. The van der Waals surface area contributed by atoms with Crippen molar-refractivity contribution in [2.75, 3.05) is 6.54 Å². The highest BCUT2D eigenvalue weighted by atomic mass is 16.2. The Morgan fingerprint density at radius 2 is 2.62 bits per heavy atom. The summed E-state index contributed by atoms with van der Waals surface area (Å²) in [7, 11) is 0. The van der Waals surface area contributed by atoms with Crippen LogP contribution in [-0.4, -0.2) is 17.1 Å². The van der Waals surface area contributed by atoms with Crippen LogP contribution >= 0.6 is 0 Å². The van der Waals surface area contributed by atoms with E-state index >= 15 is 0 Å². The third-order valence-corrected chi connectivity index (χ3v) is 2.10. The number of hydrogen-bond donors (Lipinski definition) is 1. The predicted octanol–water partition coefficient (Wildman–Crippen LogP) is 0.0754. The van der Waals surface area contributed by atoms with Gasteiger partial charge in [-0.3, -0.25) is 0 Å². The average Bonchev–Trinajstić information content (AvgIpc) is 2.49. The summed E-state index contributed by atoms with van der Waals surface area (Å²) in [5.74, 6) is 0. The van der Waals surface area contributed by atoms with E-state index in [2.05, 4.69) is 11.9 Å². The van der Waals surface area contributed by atoms with Gasteiger partial charge in [0, 0.05) is 13.0 Å². The van der Waals surface area contributed by atoms with Gasteiger partial charge in [0.15, 0.2) is 5.69 Å². The van der Waals surface area contributed by atoms with Crippen LogP contribution in [0.2, 0.25) is 0 Å². The quantitative estimate of drug-likeness (QED) is 0.505. The summed E-state index contributed by atoms with van der Waals surface area (Å²) >= 11 is 0. The van der Waals surface area contributed by atoms with Gasteiger partial charge in [-0.15, -0.1) is 4.57 Å². The number of carbonyl (C=O) groups excluding carboxylic acids is 1. The van der Waals surface area contributed by atoms with Crippen molar-refractivity contribution in [2.45, 2.75) is 13.0 Å². The molecule has 0 aromatic carbocycles. The van der Waals surface area contributed by atoms with E-state index in [9.17, 15) is 4.79 Å². The number of nitrogens with one attached hydrogen (secondary N) is 1. The second-order valence-electron chi connectivity index (χ2n) is 3.07. The van der Waals surface area contributed by atoms with E-state index in [0.29, 0.717) is 0 Å². The van der Waals surface area contributed by atoms with Crippen molar-refractivity contribution < 1.29 is 9.36 Å². The molecule has 0 saturated heterocycles. The van der Waals surface area contributed by atoms with Gasteiger partial charge in [0.1, 0.15) is 12.7 Å². The first kappa shape index (κ1) is 8.04. The molecule has 0 fully saturated rings. The summed E-state index contributed by atoms with van der Waals surface area (Å²) in [4.78, 5) is 11.3. The smallest absolute Gasteiger partial charge is 0.317 e. The molecule has 1 amide bonds. The lowest BCUT2D eigenvalue weighted by Crippen LogP contribution is -2.36. The lowest BCUT2D eigenvalue weighted by molar-refractivity contribution is -0.686. The number of allylic oxidation sites excluding steroid dienone is 1. The molecule has 4 nitrogen and oxygen atoms in total. The highest BCUT2D eigenvalue weighted by Crippen LogP contribution is 2.02. The summed E-state index contributed by atoms with van der Waals surface area (Å²) < 4.78 is 3.60. The number of rotatable bonds is 2. The maximum absolute atomic E-state index is 11.3. The molecule has 0 radical (unpaired) electrons. The molecule has 1 aromatic rings. The summed E-state index contributed by atoms with van der Waals surface area (Å²) in [5.41, 5.74) is 1.06. The maximum Gasteiger partial charge on any atom is 0.413 e. The second kappa shape index (κ2) is 3.05. The first-order chi connectivity index (χ1) is 6.31. The molecule has 0 spiro atoms. The Hall–Kier alpha value is -1.58. The van der Waals surface area contributed by atoms with Gasteiger partial charge in [0.05, 0.1) is 0 Å². The SMILES string of the molecule is C=CC[n+]1cc2n(c1)C(=O)NCC2. The fourth-order valence-electron chi connectivity index (χ4n) is 1.51. The minimum Gasteiger partial charge on any atom is -0.317 e. The number of nitrogens with zero attached hydrogens (tertiary/aromatic N) is 2. The molecular formula is C9H12N3O+. The first-order valence-electron chi connectivity index (χ1n) is 4.30. The third kappa shape index (κ3) is 1.35. The van der Waals surface area contributed by atoms with Gasteiger partial charge in [0.2, 0.25) is 0 Å². The van der Waals surface area contributed by atoms with Crippen molar-refractivity contribution in [3.63, 3.8) is 0 Å². The number of carbonyl (C=O) groups is 1. The summed E-state index contributed by atoms with van der Waals surface area (Å²) in [6, 6.07) is -0.0379. The molecule has 1 aromatic heterocycles. The summed E-state index contributed by atoms with van der Waals surface area (Å²) in [6.07, 6.45) is 6.49. The summed E-state index contributed by atoms with van der Waals surface area (Å²) in [6.45, 7) is 5.13. The molecule has 4 heteroatoms. The fourth-order valence-corrected chi connectivity index (χ4v) is 1.51. The monoisotopic (exact) mass is 178 g/mol. The molecule has 2 rings (SSSR count). The van der Waals surface area contributed by atoms with Crippen molar-refractivity contribution in [1.29, 1.82) is 0 Å². The van der Waals surface area contributed by atoms with Crippen LogP contribution in [0, 0.1) is 0 Å². The van der Waals surface area contributed by atoms with Crippen molar-refractivity contribution >= 4 is 6.03 Å². The van der Waals surface area contributed by atoms with Crippen LogP contribution in [-0.2, 0) is 13.0 Å². The van der Waals surface area contributed by atoms with Gasteiger partial charge in [-0.05, 0) is 0 Å². The maximum atomic E-state index is 11.3. The second-order valence-corrected chi connectivity index (χ2v) is 3.07. The topological polar surface area (TPSA) is 37.9 Å². The Morgan fingerprint density at radius 3 is 3.31 bits per heavy atom. The Kier molecular flexibility index (Phi) is 1.88. The van der Waals surface area contributed by atoms with Crippen LogP contribution in [0.1, 0.15) is 5.69 Å². The van der Waals surface area contributed by atoms with E-state index in [-0.39, 0.29) is 6.03 Å². The first-order valence-corrected chi connectivity index (χ1v) is 4.30. The standard InChI is InChI=1S/C9H11N3O/c1-2-5-11-6-8-3-4-10-9(13)12(8)7-11/h2,6-7H,1,3-5H2/p+1. The van der Waals surface area contributed by atoms with Crippen molar-refractivity contribution in [1.82, 2.24) is 9.88 Å². The summed E-state index contributed by atoms with van der Waals surface area (Å²) in [5, 5.41) is 2.78. The predicted molar refractivity (Wildman–Crippen MR) is 47.3 cm³/mol. The Morgan fingerprint density at radius 1 is 1.77 bits per heavy atom. The molecule has 0 aliphatic carbocycles. The Labute approximate surface area is 76.5 Å². The van der Waals surface area contributed by atoms with Crippen LogP contribution in [0.5, 0.6) is 0 Å². The number of hydrogen-bond acceptors (Lipinski definition) is 1. The van der Waals surface area contributed by atoms with Crippen molar-refractivity contribution in [3.8, 4) is 0 Å². The van der Waals surface area contributed by atoms with Crippen molar-refractivity contribution in [2.24, 2.45) is 0 Å². The zero-order chi connectivity index (χ0) is 9.26. The highest BCUT2D eigenvalue weighted by molar-refractivity contribution is 5.77. The van der Waals surface area contributed by atoms with Gasteiger partial charge in [-0.1, -0.05) is 12.7 Å². The van der Waals surface area contributed by atoms with Crippen LogP contribution in [0.4, 0.5) is 4.79 Å². The number of amides is 1.